The van der Waals surface area contributed by atoms with Crippen molar-refractivity contribution in [3.05, 3.63) is 156 Å². The quantitative estimate of drug-likeness (QED) is 0.207. The lowest BCUT2D eigenvalue weighted by Crippen LogP contribution is -2.31. The zero-order chi connectivity index (χ0) is 26.7. The highest BCUT2D eigenvalue weighted by atomic mass is 15.4. The molecule has 0 radical (unpaired) electrons. The lowest BCUT2D eigenvalue weighted by atomic mass is 10.1. The fourth-order valence-electron chi connectivity index (χ4n) is 6.04. The van der Waals surface area contributed by atoms with Crippen molar-refractivity contribution in [1.29, 1.82) is 0 Å². The van der Waals surface area contributed by atoms with E-state index in [9.17, 15) is 0 Å². The van der Waals surface area contributed by atoms with Gasteiger partial charge in [0, 0.05) is 26.2 Å². The molecule has 0 amide bonds. The molecule has 2 aliphatic rings. The van der Waals surface area contributed by atoms with Gasteiger partial charge in [0.15, 0.2) is 0 Å². The summed E-state index contributed by atoms with van der Waals surface area (Å²) >= 11 is 0. The number of rotatable bonds is 8. The molecule has 5 aromatic rings. The van der Waals surface area contributed by atoms with Gasteiger partial charge in [-0.1, -0.05) is 121 Å². The summed E-state index contributed by atoms with van der Waals surface area (Å²) in [6, 6.07) is 48.3. The van der Waals surface area contributed by atoms with Crippen LogP contribution in [0.1, 0.15) is 22.3 Å². The minimum Gasteiger partial charge on any atom is -0.348 e. The van der Waals surface area contributed by atoms with Crippen molar-refractivity contribution in [2.24, 2.45) is 0 Å². The van der Waals surface area contributed by atoms with Gasteiger partial charge in [-0.05, 0) is 34.4 Å². The van der Waals surface area contributed by atoms with Gasteiger partial charge in [-0.3, -0.25) is 0 Å². The van der Waals surface area contributed by atoms with Crippen LogP contribution in [-0.2, 0) is 26.2 Å². The molecule has 0 bridgehead atoms. The van der Waals surface area contributed by atoms with Crippen LogP contribution in [0.4, 0.5) is 22.7 Å². The Kier molecular flexibility index (Phi) is 6.58. The number of nitrogens with zero attached hydrogens (tertiary/aromatic N) is 4. The standard InChI is InChI=1S/C36H34N4/c1-5-13-29(14-6-1)23-37-27-38(24-30-15-7-2-8-16-30)34-22-36-35(21-33(34)37)39(25-31-17-9-3-10-18-31)28-40(36)26-32-19-11-4-12-20-32/h1-22H,23-28H2. The first kappa shape index (κ1) is 24.3. The topological polar surface area (TPSA) is 13.0 Å². The molecule has 2 heterocycles. The third-order valence-corrected chi connectivity index (χ3v) is 7.98. The first-order chi connectivity index (χ1) is 19.8. The molecule has 4 nitrogen and oxygen atoms in total. The zero-order valence-electron chi connectivity index (χ0n) is 22.7. The first-order valence-corrected chi connectivity index (χ1v) is 14.1. The SMILES string of the molecule is c1ccc(CN2CN(Cc3ccccc3)c3cc4c(cc32)N(Cc2ccccc2)CN4Cc2ccccc2)cc1. The summed E-state index contributed by atoms with van der Waals surface area (Å²) in [6.07, 6.45) is 0. The van der Waals surface area contributed by atoms with Crippen LogP contribution in [0.15, 0.2) is 133 Å². The van der Waals surface area contributed by atoms with Gasteiger partial charge in [0.05, 0.1) is 36.1 Å². The molecule has 0 saturated heterocycles. The van der Waals surface area contributed by atoms with E-state index in [1.807, 2.05) is 0 Å². The Morgan fingerprint density at radius 2 is 0.550 bits per heavy atom. The molecule has 2 aliphatic heterocycles. The molecule has 5 aromatic carbocycles. The molecule has 0 atom stereocenters. The molecule has 0 N–H and O–H groups in total. The van der Waals surface area contributed by atoms with Crippen molar-refractivity contribution in [2.75, 3.05) is 32.9 Å². The molecular formula is C36H34N4. The zero-order valence-corrected chi connectivity index (χ0v) is 22.7. The number of anilines is 4. The van der Waals surface area contributed by atoms with Crippen molar-refractivity contribution in [3.8, 4) is 0 Å². The van der Waals surface area contributed by atoms with Crippen molar-refractivity contribution < 1.29 is 0 Å². The van der Waals surface area contributed by atoms with Crippen molar-refractivity contribution in [3.63, 3.8) is 0 Å². The van der Waals surface area contributed by atoms with Crippen LogP contribution in [-0.4, -0.2) is 13.3 Å². The van der Waals surface area contributed by atoms with E-state index in [0.717, 1.165) is 39.5 Å². The van der Waals surface area contributed by atoms with Gasteiger partial charge >= 0.3 is 0 Å². The van der Waals surface area contributed by atoms with Crippen LogP contribution in [0, 0.1) is 0 Å². The van der Waals surface area contributed by atoms with Crippen LogP contribution < -0.4 is 19.6 Å². The summed E-state index contributed by atoms with van der Waals surface area (Å²) in [5, 5.41) is 0. The van der Waals surface area contributed by atoms with Gasteiger partial charge in [0.2, 0.25) is 0 Å². The summed E-state index contributed by atoms with van der Waals surface area (Å²) in [7, 11) is 0. The van der Waals surface area contributed by atoms with E-state index in [1.165, 1.54) is 45.0 Å². The maximum atomic E-state index is 2.54. The molecule has 198 valence electrons. The summed E-state index contributed by atoms with van der Waals surface area (Å²) in [5.74, 6) is 0. The number of hydrogen-bond acceptors (Lipinski definition) is 4. The average molecular weight is 523 g/mol. The lowest BCUT2D eigenvalue weighted by molar-refractivity contribution is 0.756. The fraction of sp³-hybridized carbons (Fsp3) is 0.167. The summed E-state index contributed by atoms with van der Waals surface area (Å²) in [6.45, 7) is 5.32. The van der Waals surface area contributed by atoms with E-state index in [0.29, 0.717) is 0 Å². The van der Waals surface area contributed by atoms with E-state index in [2.05, 4.69) is 153 Å². The summed E-state index contributed by atoms with van der Waals surface area (Å²) < 4.78 is 0. The largest absolute Gasteiger partial charge is 0.348 e. The fourth-order valence-corrected chi connectivity index (χ4v) is 6.04. The summed E-state index contributed by atoms with van der Waals surface area (Å²) in [5.41, 5.74) is 10.6. The Bertz CT molecular complexity index is 1320. The molecule has 40 heavy (non-hydrogen) atoms. The van der Waals surface area contributed by atoms with E-state index in [1.54, 1.807) is 0 Å². The molecule has 0 aliphatic carbocycles. The first-order valence-electron chi connectivity index (χ1n) is 14.1. The van der Waals surface area contributed by atoms with Gasteiger partial charge in [-0.2, -0.15) is 0 Å². The predicted octanol–water partition coefficient (Wildman–Crippen LogP) is 7.66. The minimum absolute atomic E-state index is 0.874. The third kappa shape index (κ3) is 5.01. The van der Waals surface area contributed by atoms with E-state index in [-0.39, 0.29) is 0 Å². The maximum Gasteiger partial charge on any atom is 0.0911 e. The Labute approximate surface area is 237 Å². The molecule has 4 heteroatoms. The van der Waals surface area contributed by atoms with Crippen LogP contribution in [0.2, 0.25) is 0 Å². The van der Waals surface area contributed by atoms with E-state index >= 15 is 0 Å². The predicted molar refractivity (Wildman–Crippen MR) is 167 cm³/mol. The number of hydrogen-bond donors (Lipinski definition) is 0. The minimum atomic E-state index is 0.874. The molecule has 0 aromatic heterocycles. The Balaban J connectivity index is 1.28. The molecule has 7 rings (SSSR count). The highest BCUT2D eigenvalue weighted by Gasteiger charge is 2.33. The monoisotopic (exact) mass is 522 g/mol. The van der Waals surface area contributed by atoms with Gasteiger partial charge in [-0.25, -0.2) is 0 Å². The number of fused-ring (bicyclic) bond motifs is 2. The second kappa shape index (κ2) is 10.8. The lowest BCUT2D eigenvalue weighted by Gasteiger charge is -2.23. The maximum absolute atomic E-state index is 2.54. The van der Waals surface area contributed by atoms with Crippen LogP contribution in [0.25, 0.3) is 0 Å². The van der Waals surface area contributed by atoms with Crippen molar-refractivity contribution in [2.45, 2.75) is 26.2 Å². The third-order valence-electron chi connectivity index (χ3n) is 7.98. The highest BCUT2D eigenvalue weighted by Crippen LogP contribution is 2.48. The smallest absolute Gasteiger partial charge is 0.0911 e. The Morgan fingerprint density at radius 1 is 0.325 bits per heavy atom. The Hall–Kier alpha value is -4.70. The summed E-state index contributed by atoms with van der Waals surface area (Å²) in [4.78, 5) is 10.1. The van der Waals surface area contributed by atoms with Crippen LogP contribution in [0.5, 0.6) is 0 Å². The highest BCUT2D eigenvalue weighted by molar-refractivity contribution is 5.90. The average Bonchev–Trinajstić information content (AvgIpc) is 3.50. The van der Waals surface area contributed by atoms with E-state index in [4.69, 9.17) is 0 Å². The normalized spacial score (nSPS) is 14.0. The van der Waals surface area contributed by atoms with Gasteiger partial charge in [0.25, 0.3) is 0 Å². The van der Waals surface area contributed by atoms with Crippen molar-refractivity contribution >= 4 is 22.7 Å². The molecule has 0 unspecified atom stereocenters. The van der Waals surface area contributed by atoms with Crippen LogP contribution in [0.3, 0.4) is 0 Å². The Morgan fingerprint density at radius 3 is 0.775 bits per heavy atom. The second-order valence-electron chi connectivity index (χ2n) is 10.8. The van der Waals surface area contributed by atoms with Crippen LogP contribution >= 0.6 is 0 Å². The van der Waals surface area contributed by atoms with Gasteiger partial charge < -0.3 is 19.6 Å². The van der Waals surface area contributed by atoms with Gasteiger partial charge in [-0.15, -0.1) is 0 Å². The molecule has 0 saturated carbocycles. The van der Waals surface area contributed by atoms with Gasteiger partial charge in [0.1, 0.15) is 0 Å². The molecular weight excluding hydrogens is 488 g/mol. The molecule has 0 fully saturated rings. The molecule has 0 spiro atoms. The second-order valence-corrected chi connectivity index (χ2v) is 10.8. The number of benzene rings is 5. The van der Waals surface area contributed by atoms with Crippen molar-refractivity contribution in [1.82, 2.24) is 0 Å². The van der Waals surface area contributed by atoms with E-state index < -0.39 is 0 Å².